The maximum atomic E-state index is 11.2. The van der Waals surface area contributed by atoms with Crippen molar-refractivity contribution in [3.05, 3.63) is 60.2 Å². The minimum absolute atomic E-state index is 0.0534. The molecule has 0 aliphatic carbocycles. The number of halogens is 1. The van der Waals surface area contributed by atoms with Gasteiger partial charge in [0.25, 0.3) is 0 Å². The Balaban J connectivity index is 1.78. The van der Waals surface area contributed by atoms with Crippen molar-refractivity contribution in [2.45, 2.75) is 12.8 Å². The largest absolute Gasteiger partial charge is 0.494 e. The molecule has 0 aliphatic heterocycles. The Kier molecular flexibility index (Phi) is 6.10. The van der Waals surface area contributed by atoms with Gasteiger partial charge in [-0.2, -0.15) is 0 Å². The molecule has 0 heterocycles. The van der Waals surface area contributed by atoms with Crippen molar-refractivity contribution in [3.63, 3.8) is 0 Å². The normalized spacial score (nSPS) is 10.1. The van der Waals surface area contributed by atoms with E-state index in [0.29, 0.717) is 12.3 Å². The third kappa shape index (κ3) is 5.48. The fourth-order valence-electron chi connectivity index (χ4n) is 1.97. The van der Waals surface area contributed by atoms with Crippen LogP contribution in [0.3, 0.4) is 0 Å². The molecule has 0 radical (unpaired) electrons. The van der Waals surface area contributed by atoms with E-state index in [1.807, 2.05) is 30.3 Å². The zero-order chi connectivity index (χ0) is 14.9. The van der Waals surface area contributed by atoms with E-state index in [1.54, 1.807) is 12.1 Å². The molecule has 21 heavy (non-hydrogen) atoms. The van der Waals surface area contributed by atoms with Crippen LogP contribution in [0.15, 0.2) is 54.6 Å². The molecule has 110 valence electrons. The monoisotopic (exact) mass is 303 g/mol. The van der Waals surface area contributed by atoms with E-state index in [0.717, 1.165) is 18.6 Å². The summed E-state index contributed by atoms with van der Waals surface area (Å²) in [7, 11) is 0. The lowest BCUT2D eigenvalue weighted by Crippen LogP contribution is -2.12. The lowest BCUT2D eigenvalue weighted by atomic mass is 10.1. The summed E-state index contributed by atoms with van der Waals surface area (Å²) in [5.74, 6) is 0.468. The van der Waals surface area contributed by atoms with Crippen LogP contribution in [0, 0.1) is 0 Å². The highest BCUT2D eigenvalue weighted by Gasteiger charge is 2.01. The summed E-state index contributed by atoms with van der Waals surface area (Å²) >= 11 is 5.46. The van der Waals surface area contributed by atoms with Gasteiger partial charge in [-0.1, -0.05) is 36.4 Å². The molecule has 0 saturated carbocycles. The molecule has 0 atom stereocenters. The zero-order valence-corrected chi connectivity index (χ0v) is 12.5. The van der Waals surface area contributed by atoms with Crippen molar-refractivity contribution in [3.8, 4) is 5.75 Å². The van der Waals surface area contributed by atoms with Gasteiger partial charge in [0.15, 0.2) is 0 Å². The van der Waals surface area contributed by atoms with Crippen LogP contribution in [0.25, 0.3) is 0 Å². The zero-order valence-electron chi connectivity index (χ0n) is 11.7. The molecule has 0 aliphatic rings. The molecule has 0 unspecified atom stereocenters. The van der Waals surface area contributed by atoms with Crippen LogP contribution in [0.2, 0.25) is 0 Å². The standard InChI is InChI=1S/C17H18ClNO2/c18-13-17(20)19-15-9-4-10-16(12-15)21-11-5-8-14-6-2-1-3-7-14/h1-4,6-7,9-10,12H,5,8,11,13H2,(H,19,20). The first-order valence-corrected chi connectivity index (χ1v) is 7.44. The van der Waals surface area contributed by atoms with Crippen LogP contribution in [0.1, 0.15) is 12.0 Å². The molecule has 0 spiro atoms. The van der Waals surface area contributed by atoms with Crippen LogP contribution >= 0.6 is 11.6 Å². The number of anilines is 1. The average molecular weight is 304 g/mol. The second-order valence-corrected chi connectivity index (χ2v) is 4.91. The van der Waals surface area contributed by atoms with E-state index in [4.69, 9.17) is 16.3 Å². The second-order valence-electron chi connectivity index (χ2n) is 4.65. The molecule has 0 saturated heterocycles. The molecule has 2 aromatic rings. The van der Waals surface area contributed by atoms with Crippen LogP contribution in [-0.4, -0.2) is 18.4 Å². The van der Waals surface area contributed by atoms with Crippen molar-refractivity contribution < 1.29 is 9.53 Å². The highest BCUT2D eigenvalue weighted by molar-refractivity contribution is 6.29. The number of benzene rings is 2. The predicted molar refractivity (Wildman–Crippen MR) is 86.0 cm³/mol. The van der Waals surface area contributed by atoms with E-state index in [9.17, 15) is 4.79 Å². The minimum Gasteiger partial charge on any atom is -0.494 e. The molecule has 0 bridgehead atoms. The number of rotatable bonds is 7. The number of hydrogen-bond donors (Lipinski definition) is 1. The first-order chi connectivity index (χ1) is 10.3. The van der Waals surface area contributed by atoms with Crippen LogP contribution in [-0.2, 0) is 11.2 Å². The predicted octanol–water partition coefficient (Wildman–Crippen LogP) is 3.88. The SMILES string of the molecule is O=C(CCl)Nc1cccc(OCCCc2ccccc2)c1. The number of ether oxygens (including phenoxy) is 1. The Labute approximate surface area is 129 Å². The number of nitrogens with one attached hydrogen (secondary N) is 1. The van der Waals surface area contributed by atoms with Crippen molar-refractivity contribution in [2.24, 2.45) is 0 Å². The van der Waals surface area contributed by atoms with Crippen LogP contribution in [0.5, 0.6) is 5.75 Å². The summed E-state index contributed by atoms with van der Waals surface area (Å²) < 4.78 is 5.70. The number of carbonyl (C=O) groups is 1. The van der Waals surface area contributed by atoms with Gasteiger partial charge < -0.3 is 10.1 Å². The minimum atomic E-state index is -0.224. The van der Waals surface area contributed by atoms with E-state index in [-0.39, 0.29) is 11.8 Å². The fourth-order valence-corrected chi connectivity index (χ4v) is 2.04. The van der Waals surface area contributed by atoms with Gasteiger partial charge in [-0.05, 0) is 30.5 Å². The molecule has 4 heteroatoms. The number of aryl methyl sites for hydroxylation is 1. The van der Waals surface area contributed by atoms with Crippen LogP contribution < -0.4 is 10.1 Å². The molecule has 3 nitrogen and oxygen atoms in total. The quantitative estimate of drug-likeness (QED) is 0.623. The molecule has 0 aromatic heterocycles. The summed E-state index contributed by atoms with van der Waals surface area (Å²) in [4.78, 5) is 11.2. The van der Waals surface area contributed by atoms with E-state index < -0.39 is 0 Å². The second kappa shape index (κ2) is 8.32. The molecule has 0 fully saturated rings. The van der Waals surface area contributed by atoms with E-state index in [1.165, 1.54) is 5.56 Å². The lowest BCUT2D eigenvalue weighted by molar-refractivity contribution is -0.113. The molecule has 1 amide bonds. The van der Waals surface area contributed by atoms with Gasteiger partial charge in [0, 0.05) is 11.8 Å². The van der Waals surface area contributed by atoms with Gasteiger partial charge in [-0.3, -0.25) is 4.79 Å². The first kappa shape index (κ1) is 15.4. The molecular weight excluding hydrogens is 286 g/mol. The molecule has 2 rings (SSSR count). The fraction of sp³-hybridized carbons (Fsp3) is 0.235. The summed E-state index contributed by atoms with van der Waals surface area (Å²) in [6, 6.07) is 17.6. The highest BCUT2D eigenvalue weighted by Crippen LogP contribution is 2.17. The van der Waals surface area contributed by atoms with Gasteiger partial charge in [0.1, 0.15) is 11.6 Å². The van der Waals surface area contributed by atoms with E-state index >= 15 is 0 Å². The summed E-state index contributed by atoms with van der Waals surface area (Å²) in [5.41, 5.74) is 2.01. The number of amides is 1. The van der Waals surface area contributed by atoms with Crippen molar-refractivity contribution in [1.29, 1.82) is 0 Å². The highest BCUT2D eigenvalue weighted by atomic mass is 35.5. The molecule has 1 N–H and O–H groups in total. The third-order valence-corrected chi connectivity index (χ3v) is 3.20. The van der Waals surface area contributed by atoms with Gasteiger partial charge >= 0.3 is 0 Å². The Bertz CT molecular complexity index is 572. The molecule has 2 aromatic carbocycles. The Morgan fingerprint density at radius 3 is 2.67 bits per heavy atom. The summed E-state index contributed by atoms with van der Waals surface area (Å²) in [6.45, 7) is 0.641. The summed E-state index contributed by atoms with van der Waals surface area (Å²) in [6.07, 6.45) is 1.94. The summed E-state index contributed by atoms with van der Waals surface area (Å²) in [5, 5.41) is 2.70. The van der Waals surface area contributed by atoms with Crippen molar-refractivity contribution in [2.75, 3.05) is 17.8 Å². The van der Waals surface area contributed by atoms with Gasteiger partial charge in [0.2, 0.25) is 5.91 Å². The number of hydrogen-bond acceptors (Lipinski definition) is 2. The molecular formula is C17H18ClNO2. The smallest absolute Gasteiger partial charge is 0.239 e. The Morgan fingerprint density at radius 1 is 1.10 bits per heavy atom. The van der Waals surface area contributed by atoms with Crippen molar-refractivity contribution in [1.82, 2.24) is 0 Å². The van der Waals surface area contributed by atoms with Gasteiger partial charge in [-0.15, -0.1) is 11.6 Å². The lowest BCUT2D eigenvalue weighted by Gasteiger charge is -2.08. The number of alkyl halides is 1. The van der Waals surface area contributed by atoms with Crippen molar-refractivity contribution >= 4 is 23.2 Å². The third-order valence-electron chi connectivity index (χ3n) is 2.96. The van der Waals surface area contributed by atoms with Gasteiger partial charge in [0.05, 0.1) is 6.61 Å². The Morgan fingerprint density at radius 2 is 1.90 bits per heavy atom. The topological polar surface area (TPSA) is 38.3 Å². The van der Waals surface area contributed by atoms with Gasteiger partial charge in [-0.25, -0.2) is 0 Å². The van der Waals surface area contributed by atoms with E-state index in [2.05, 4.69) is 17.4 Å². The Hall–Kier alpha value is -2.00. The maximum Gasteiger partial charge on any atom is 0.239 e. The maximum absolute atomic E-state index is 11.2. The average Bonchev–Trinajstić information content (AvgIpc) is 2.53. The number of carbonyl (C=O) groups excluding carboxylic acids is 1. The first-order valence-electron chi connectivity index (χ1n) is 6.90. The van der Waals surface area contributed by atoms with Crippen LogP contribution in [0.4, 0.5) is 5.69 Å².